The molecule has 22 heavy (non-hydrogen) atoms. The fourth-order valence-corrected chi connectivity index (χ4v) is 2.69. The Hall–Kier alpha value is -1.30. The number of carbonyl (C=O) groups excluding carboxylic acids is 1. The molecular weight excluding hydrogens is 304 g/mol. The van der Waals surface area contributed by atoms with Gasteiger partial charge in [0.25, 0.3) is 0 Å². The molecule has 124 valence electrons. The Labute approximate surface area is 138 Å². The first kappa shape index (κ1) is 18.7. The van der Waals surface area contributed by atoms with Crippen LogP contribution in [0.4, 0.5) is 5.69 Å². The summed E-state index contributed by atoms with van der Waals surface area (Å²) in [7, 11) is 1.60. The second-order valence-electron chi connectivity index (χ2n) is 5.52. The van der Waals surface area contributed by atoms with E-state index < -0.39 is 0 Å². The lowest BCUT2D eigenvalue weighted by molar-refractivity contribution is -0.117. The van der Waals surface area contributed by atoms with Crippen LogP contribution in [0.25, 0.3) is 0 Å². The van der Waals surface area contributed by atoms with Crippen molar-refractivity contribution in [3.63, 3.8) is 0 Å². The molecule has 1 fully saturated rings. The van der Waals surface area contributed by atoms with Crippen molar-refractivity contribution in [2.24, 2.45) is 0 Å². The monoisotopic (exact) mass is 327 g/mol. The zero-order chi connectivity index (χ0) is 15.2. The van der Waals surface area contributed by atoms with Crippen molar-refractivity contribution >= 4 is 11.6 Å². The fourth-order valence-electron chi connectivity index (χ4n) is 2.69. The average Bonchev–Trinajstić information content (AvgIpc) is 2.45. The maximum atomic E-state index is 12.1. The van der Waals surface area contributed by atoms with Gasteiger partial charge in [-0.15, -0.1) is 0 Å². The van der Waals surface area contributed by atoms with E-state index in [9.17, 15) is 4.79 Å². The number of ether oxygens (including phenoxy) is 2. The minimum absolute atomic E-state index is 0. The maximum absolute atomic E-state index is 12.1. The van der Waals surface area contributed by atoms with Crippen LogP contribution in [0.1, 0.15) is 20.3 Å². The molecule has 0 bridgehead atoms. The highest BCUT2D eigenvalue weighted by Crippen LogP contribution is 2.23. The number of rotatable bonds is 5. The number of para-hydroxylation sites is 2. The summed E-state index contributed by atoms with van der Waals surface area (Å²) in [5.41, 5.74) is 0.716. The maximum Gasteiger partial charge on any atom is 0.225 e. The molecule has 5 nitrogen and oxygen atoms in total. The second kappa shape index (κ2) is 8.98. The summed E-state index contributed by atoms with van der Waals surface area (Å²) in [6.45, 7) is 6.65. The van der Waals surface area contributed by atoms with Crippen LogP contribution in [0.3, 0.4) is 0 Å². The highest BCUT2D eigenvalue weighted by atomic mass is 35.5. The van der Waals surface area contributed by atoms with E-state index in [-0.39, 0.29) is 30.5 Å². The van der Waals surface area contributed by atoms with E-state index >= 15 is 0 Å². The highest BCUT2D eigenvalue weighted by Gasteiger charge is 2.22. The standard InChI is InChI=1S/C16H24N2O3.ClH/c1-12-10-18(11-13(2)21-12)9-8-16(19)17-14-6-4-5-7-15(14)20-3;/h4-7,12-13H,8-11H2,1-3H3,(H,17,19);1H/p-1. The molecule has 0 saturated carbocycles. The van der Waals surface area contributed by atoms with Crippen molar-refractivity contribution < 1.29 is 26.7 Å². The van der Waals surface area contributed by atoms with Crippen LogP contribution >= 0.6 is 0 Å². The Bertz CT molecular complexity index is 474. The first-order valence-corrected chi connectivity index (χ1v) is 7.39. The normalized spacial score (nSPS) is 21.8. The smallest absolute Gasteiger partial charge is 0.225 e. The molecule has 1 amide bonds. The number of benzene rings is 1. The second-order valence-corrected chi connectivity index (χ2v) is 5.52. The lowest BCUT2D eigenvalue weighted by atomic mass is 10.2. The molecule has 1 saturated heterocycles. The molecule has 0 aromatic heterocycles. The van der Waals surface area contributed by atoms with Crippen LogP contribution in [-0.4, -0.2) is 49.8 Å². The van der Waals surface area contributed by atoms with Gasteiger partial charge < -0.3 is 27.2 Å². The first-order valence-electron chi connectivity index (χ1n) is 7.39. The number of carbonyl (C=O) groups is 1. The van der Waals surface area contributed by atoms with Crippen molar-refractivity contribution in [2.75, 3.05) is 32.1 Å². The van der Waals surface area contributed by atoms with Crippen LogP contribution in [0.2, 0.25) is 0 Å². The Morgan fingerprint density at radius 3 is 2.59 bits per heavy atom. The van der Waals surface area contributed by atoms with Gasteiger partial charge in [-0.2, -0.15) is 0 Å². The van der Waals surface area contributed by atoms with Gasteiger partial charge in [-0.1, -0.05) is 12.1 Å². The number of nitrogens with one attached hydrogen (secondary N) is 1. The Balaban J connectivity index is 0.00000242. The molecule has 1 aromatic carbocycles. The molecule has 1 aliphatic rings. The minimum Gasteiger partial charge on any atom is -1.00 e. The number of hydrogen-bond donors (Lipinski definition) is 1. The number of methoxy groups -OCH3 is 1. The molecule has 6 heteroatoms. The number of hydrogen-bond acceptors (Lipinski definition) is 4. The van der Waals surface area contributed by atoms with E-state index in [0.29, 0.717) is 17.9 Å². The third-order valence-electron chi connectivity index (χ3n) is 3.53. The number of anilines is 1. The molecule has 1 heterocycles. The molecular formula is C16H24ClN2O3-. The quantitative estimate of drug-likeness (QED) is 0.764. The zero-order valence-electron chi connectivity index (χ0n) is 13.3. The molecule has 1 aromatic rings. The molecule has 0 aliphatic carbocycles. The topological polar surface area (TPSA) is 50.8 Å². The molecule has 2 rings (SSSR count). The van der Waals surface area contributed by atoms with Crippen LogP contribution in [-0.2, 0) is 9.53 Å². The summed E-state index contributed by atoms with van der Waals surface area (Å²) in [5.74, 6) is 0.686. The van der Waals surface area contributed by atoms with Gasteiger partial charge in [0.05, 0.1) is 25.0 Å². The van der Waals surface area contributed by atoms with E-state index in [0.717, 1.165) is 19.6 Å². The van der Waals surface area contributed by atoms with Crippen LogP contribution < -0.4 is 22.5 Å². The summed E-state index contributed by atoms with van der Waals surface area (Å²) in [6, 6.07) is 7.44. The van der Waals surface area contributed by atoms with Crippen molar-refractivity contribution in [3.05, 3.63) is 24.3 Å². The third kappa shape index (κ3) is 5.48. The van der Waals surface area contributed by atoms with Crippen molar-refractivity contribution in [2.45, 2.75) is 32.5 Å². The fraction of sp³-hybridized carbons (Fsp3) is 0.562. The summed E-state index contributed by atoms with van der Waals surface area (Å²) >= 11 is 0. The third-order valence-corrected chi connectivity index (χ3v) is 3.53. The van der Waals surface area contributed by atoms with Crippen LogP contribution in [0, 0.1) is 0 Å². The van der Waals surface area contributed by atoms with Gasteiger partial charge in [-0.25, -0.2) is 0 Å². The molecule has 0 spiro atoms. The molecule has 2 atom stereocenters. The van der Waals surface area contributed by atoms with Crippen LogP contribution in [0.15, 0.2) is 24.3 Å². The van der Waals surface area contributed by atoms with E-state index in [1.165, 1.54) is 0 Å². The summed E-state index contributed by atoms with van der Waals surface area (Å²) in [5, 5.41) is 2.90. The van der Waals surface area contributed by atoms with Crippen molar-refractivity contribution in [1.82, 2.24) is 4.90 Å². The van der Waals surface area contributed by atoms with Crippen molar-refractivity contribution in [3.8, 4) is 5.75 Å². The largest absolute Gasteiger partial charge is 1.00 e. The molecule has 1 aliphatic heterocycles. The number of nitrogens with zero attached hydrogens (tertiary/aromatic N) is 1. The SMILES string of the molecule is COc1ccccc1NC(=O)CCN1CC(C)OC(C)C1.[Cl-]. The van der Waals surface area contributed by atoms with Gasteiger partial charge in [0, 0.05) is 26.1 Å². The van der Waals surface area contributed by atoms with Gasteiger partial charge in [0.15, 0.2) is 0 Å². The van der Waals surface area contributed by atoms with Gasteiger partial charge in [0.1, 0.15) is 5.75 Å². The zero-order valence-corrected chi connectivity index (χ0v) is 14.1. The molecule has 1 N–H and O–H groups in total. The Morgan fingerprint density at radius 1 is 1.32 bits per heavy atom. The highest BCUT2D eigenvalue weighted by molar-refractivity contribution is 5.92. The molecule has 0 radical (unpaired) electrons. The minimum atomic E-state index is 0. The lowest BCUT2D eigenvalue weighted by Gasteiger charge is -2.35. The first-order chi connectivity index (χ1) is 10.1. The average molecular weight is 328 g/mol. The predicted molar refractivity (Wildman–Crippen MR) is 82.7 cm³/mol. The summed E-state index contributed by atoms with van der Waals surface area (Å²) in [4.78, 5) is 14.3. The van der Waals surface area contributed by atoms with Gasteiger partial charge >= 0.3 is 0 Å². The Morgan fingerprint density at radius 2 is 1.95 bits per heavy atom. The van der Waals surface area contributed by atoms with Gasteiger partial charge in [-0.3, -0.25) is 9.69 Å². The lowest BCUT2D eigenvalue weighted by Crippen LogP contribution is -3.00. The van der Waals surface area contributed by atoms with Crippen molar-refractivity contribution in [1.29, 1.82) is 0 Å². The van der Waals surface area contributed by atoms with E-state index in [1.54, 1.807) is 7.11 Å². The van der Waals surface area contributed by atoms with E-state index in [1.807, 2.05) is 24.3 Å². The number of amides is 1. The van der Waals surface area contributed by atoms with Crippen LogP contribution in [0.5, 0.6) is 5.75 Å². The van der Waals surface area contributed by atoms with Gasteiger partial charge in [-0.05, 0) is 26.0 Å². The Kier molecular flexibility index (Phi) is 7.65. The molecule has 2 unspecified atom stereocenters. The summed E-state index contributed by atoms with van der Waals surface area (Å²) in [6.07, 6.45) is 0.925. The number of halogens is 1. The van der Waals surface area contributed by atoms with E-state index in [4.69, 9.17) is 9.47 Å². The van der Waals surface area contributed by atoms with E-state index in [2.05, 4.69) is 24.1 Å². The summed E-state index contributed by atoms with van der Waals surface area (Å²) < 4.78 is 10.9. The number of morpholine rings is 1. The van der Waals surface area contributed by atoms with Gasteiger partial charge in [0.2, 0.25) is 5.91 Å². The predicted octanol–water partition coefficient (Wildman–Crippen LogP) is -0.863.